The number of pyridine rings is 1. The van der Waals surface area contributed by atoms with Crippen LogP contribution in [0.25, 0.3) is 11.5 Å². The first-order chi connectivity index (χ1) is 9.61. The number of nitrogens with zero attached hydrogens (tertiary/aromatic N) is 3. The van der Waals surface area contributed by atoms with Crippen molar-refractivity contribution in [1.82, 2.24) is 20.3 Å². The minimum atomic E-state index is 0.718. The van der Waals surface area contributed by atoms with Gasteiger partial charge in [-0.3, -0.25) is 0 Å². The van der Waals surface area contributed by atoms with E-state index in [4.69, 9.17) is 0 Å². The van der Waals surface area contributed by atoms with Crippen LogP contribution in [0.5, 0.6) is 0 Å². The first kappa shape index (κ1) is 14.6. The largest absolute Gasteiger partial charge is 0.317 e. The smallest absolute Gasteiger partial charge is 0.178 e. The molecular formula is C16H22N4. The molecule has 2 heterocycles. The number of aryl methyl sites for hydroxylation is 3. The highest BCUT2D eigenvalue weighted by Crippen LogP contribution is 2.17. The van der Waals surface area contributed by atoms with Crippen molar-refractivity contribution in [2.45, 2.75) is 34.1 Å². The molecule has 0 fully saturated rings. The first-order valence-electron chi connectivity index (χ1n) is 7.10. The van der Waals surface area contributed by atoms with Gasteiger partial charge in [0.2, 0.25) is 0 Å². The highest BCUT2D eigenvalue weighted by Gasteiger charge is 2.10. The molecule has 2 rings (SSSR count). The van der Waals surface area contributed by atoms with Crippen LogP contribution in [0, 0.1) is 20.8 Å². The lowest BCUT2D eigenvalue weighted by Gasteiger charge is -2.11. The fourth-order valence-corrected chi connectivity index (χ4v) is 2.27. The van der Waals surface area contributed by atoms with Crippen molar-refractivity contribution in [3.63, 3.8) is 0 Å². The fraction of sp³-hybridized carbons (Fsp3) is 0.438. The molecule has 4 nitrogen and oxygen atoms in total. The number of hydrogen-bond acceptors (Lipinski definition) is 4. The van der Waals surface area contributed by atoms with Crippen LogP contribution < -0.4 is 5.32 Å². The maximum absolute atomic E-state index is 4.62. The lowest BCUT2D eigenvalue weighted by atomic mass is 10.1. The first-order valence-corrected chi connectivity index (χ1v) is 7.10. The van der Waals surface area contributed by atoms with Crippen LogP contribution >= 0.6 is 0 Å². The van der Waals surface area contributed by atoms with Gasteiger partial charge in [0.05, 0.1) is 0 Å². The van der Waals surface area contributed by atoms with Crippen LogP contribution in [0.15, 0.2) is 18.2 Å². The summed E-state index contributed by atoms with van der Waals surface area (Å²) in [5.41, 5.74) is 5.16. The Morgan fingerprint density at radius 1 is 1.00 bits per heavy atom. The molecule has 0 aliphatic rings. The van der Waals surface area contributed by atoms with E-state index in [-0.39, 0.29) is 0 Å². The van der Waals surface area contributed by atoms with Gasteiger partial charge in [-0.15, -0.1) is 0 Å². The van der Waals surface area contributed by atoms with Crippen LogP contribution in [0.4, 0.5) is 0 Å². The predicted octanol–water partition coefficient (Wildman–Crippen LogP) is 2.62. The van der Waals surface area contributed by atoms with Crippen molar-refractivity contribution in [1.29, 1.82) is 0 Å². The minimum Gasteiger partial charge on any atom is -0.317 e. The lowest BCUT2D eigenvalue weighted by molar-refractivity contribution is 0.708. The van der Waals surface area contributed by atoms with E-state index in [2.05, 4.69) is 41.0 Å². The van der Waals surface area contributed by atoms with Crippen LogP contribution in [0.1, 0.15) is 29.6 Å². The van der Waals surface area contributed by atoms with E-state index in [1.807, 2.05) is 25.1 Å². The molecule has 0 spiro atoms. The number of nitrogens with one attached hydrogen (secondary N) is 1. The Labute approximate surface area is 120 Å². The molecule has 0 radical (unpaired) electrons. The zero-order valence-electron chi connectivity index (χ0n) is 12.7. The van der Waals surface area contributed by atoms with E-state index in [0.717, 1.165) is 48.1 Å². The number of rotatable bonds is 5. The second kappa shape index (κ2) is 6.57. The van der Waals surface area contributed by atoms with Gasteiger partial charge >= 0.3 is 0 Å². The highest BCUT2D eigenvalue weighted by atomic mass is 14.9. The normalized spacial score (nSPS) is 10.8. The van der Waals surface area contributed by atoms with Gasteiger partial charge in [0.15, 0.2) is 5.82 Å². The predicted molar refractivity (Wildman–Crippen MR) is 81.7 cm³/mol. The monoisotopic (exact) mass is 270 g/mol. The molecule has 0 aliphatic carbocycles. The van der Waals surface area contributed by atoms with Gasteiger partial charge in [-0.1, -0.05) is 13.0 Å². The quantitative estimate of drug-likeness (QED) is 0.849. The molecule has 0 bridgehead atoms. The van der Waals surface area contributed by atoms with E-state index in [0.29, 0.717) is 0 Å². The van der Waals surface area contributed by atoms with Crippen molar-refractivity contribution in [3.05, 3.63) is 40.8 Å². The van der Waals surface area contributed by atoms with Crippen molar-refractivity contribution >= 4 is 0 Å². The number of aromatic nitrogens is 3. The Kier molecular flexibility index (Phi) is 4.79. The van der Waals surface area contributed by atoms with E-state index in [9.17, 15) is 0 Å². The summed E-state index contributed by atoms with van der Waals surface area (Å²) in [6.45, 7) is 10.1. The lowest BCUT2D eigenvalue weighted by Crippen LogP contribution is -2.17. The summed E-state index contributed by atoms with van der Waals surface area (Å²) in [5.74, 6) is 0.718. The van der Waals surface area contributed by atoms with Gasteiger partial charge in [-0.05, 0) is 58.0 Å². The third kappa shape index (κ3) is 3.39. The molecule has 0 atom stereocenters. The van der Waals surface area contributed by atoms with Crippen molar-refractivity contribution < 1.29 is 0 Å². The van der Waals surface area contributed by atoms with E-state index < -0.39 is 0 Å². The number of likely N-dealkylation sites (N-methyl/N-ethyl adjacent to an activating group) is 1. The Morgan fingerprint density at radius 2 is 1.70 bits per heavy atom. The summed E-state index contributed by atoms with van der Waals surface area (Å²) < 4.78 is 0. The Hall–Kier alpha value is -1.81. The minimum absolute atomic E-state index is 0.718. The Morgan fingerprint density at radius 3 is 2.30 bits per heavy atom. The molecule has 0 unspecified atom stereocenters. The molecular weight excluding hydrogens is 248 g/mol. The summed E-state index contributed by atoms with van der Waals surface area (Å²) >= 11 is 0. The molecule has 0 aliphatic heterocycles. The van der Waals surface area contributed by atoms with E-state index in [1.54, 1.807) is 0 Å². The molecule has 0 aromatic carbocycles. The van der Waals surface area contributed by atoms with Crippen molar-refractivity contribution in [3.8, 4) is 11.5 Å². The molecule has 4 heteroatoms. The molecule has 0 saturated carbocycles. The van der Waals surface area contributed by atoms with Gasteiger partial charge in [0, 0.05) is 17.1 Å². The summed E-state index contributed by atoms with van der Waals surface area (Å²) in [7, 11) is 0. The Balaban J connectivity index is 2.30. The van der Waals surface area contributed by atoms with Crippen molar-refractivity contribution in [2.75, 3.05) is 13.1 Å². The molecule has 2 aromatic rings. The van der Waals surface area contributed by atoms with Gasteiger partial charge in [-0.25, -0.2) is 15.0 Å². The zero-order chi connectivity index (χ0) is 14.5. The van der Waals surface area contributed by atoms with Gasteiger partial charge in [0.25, 0.3) is 0 Å². The molecule has 2 aromatic heterocycles. The van der Waals surface area contributed by atoms with Crippen molar-refractivity contribution in [2.24, 2.45) is 0 Å². The van der Waals surface area contributed by atoms with Gasteiger partial charge in [-0.2, -0.15) is 0 Å². The SMILES string of the molecule is CCNCCc1c(C)nc(-c2cccc(C)n2)nc1C. The highest BCUT2D eigenvalue weighted by molar-refractivity contribution is 5.50. The van der Waals surface area contributed by atoms with Gasteiger partial charge in [0.1, 0.15) is 5.69 Å². The number of hydrogen-bond donors (Lipinski definition) is 1. The topological polar surface area (TPSA) is 50.7 Å². The molecule has 20 heavy (non-hydrogen) atoms. The zero-order valence-corrected chi connectivity index (χ0v) is 12.7. The van der Waals surface area contributed by atoms with Crippen LogP contribution in [0.2, 0.25) is 0 Å². The fourth-order valence-electron chi connectivity index (χ4n) is 2.27. The van der Waals surface area contributed by atoms with E-state index >= 15 is 0 Å². The summed E-state index contributed by atoms with van der Waals surface area (Å²) in [6, 6.07) is 5.93. The average molecular weight is 270 g/mol. The summed E-state index contributed by atoms with van der Waals surface area (Å²) in [5, 5.41) is 3.34. The maximum atomic E-state index is 4.62. The van der Waals surface area contributed by atoms with Crippen LogP contribution in [-0.4, -0.2) is 28.0 Å². The average Bonchev–Trinajstić information content (AvgIpc) is 2.41. The van der Waals surface area contributed by atoms with Gasteiger partial charge < -0.3 is 5.32 Å². The summed E-state index contributed by atoms with van der Waals surface area (Å²) in [4.78, 5) is 13.7. The summed E-state index contributed by atoms with van der Waals surface area (Å²) in [6.07, 6.45) is 0.965. The van der Waals surface area contributed by atoms with Crippen LogP contribution in [0.3, 0.4) is 0 Å². The standard InChI is InChI=1S/C16H22N4/c1-5-17-10-9-14-12(3)19-16(20-13(14)4)15-8-6-7-11(2)18-15/h6-8,17H,5,9-10H2,1-4H3. The molecule has 0 saturated heterocycles. The molecule has 106 valence electrons. The van der Waals surface area contributed by atoms with Crippen LogP contribution in [-0.2, 0) is 6.42 Å². The third-order valence-corrected chi connectivity index (χ3v) is 3.34. The molecule has 0 amide bonds. The maximum Gasteiger partial charge on any atom is 0.178 e. The third-order valence-electron chi connectivity index (χ3n) is 3.34. The second-order valence-corrected chi connectivity index (χ2v) is 4.96. The second-order valence-electron chi connectivity index (χ2n) is 4.96. The Bertz CT molecular complexity index is 570. The van der Waals surface area contributed by atoms with E-state index in [1.165, 1.54) is 5.56 Å². The molecule has 1 N–H and O–H groups in total.